The maximum atomic E-state index is 12.4. The number of amides is 1. The van der Waals surface area contributed by atoms with Gasteiger partial charge in [0.15, 0.2) is 11.5 Å². The van der Waals surface area contributed by atoms with Crippen molar-refractivity contribution in [1.82, 2.24) is 25.3 Å². The van der Waals surface area contributed by atoms with Crippen LogP contribution in [0, 0.1) is 13.8 Å². The van der Waals surface area contributed by atoms with Crippen molar-refractivity contribution in [3.63, 3.8) is 0 Å². The van der Waals surface area contributed by atoms with Gasteiger partial charge in [-0.25, -0.2) is 0 Å². The number of carbonyl (C=O) groups is 1. The molecule has 1 amide bonds. The minimum Gasteiger partial charge on any atom is -0.463 e. The molecule has 142 valence electrons. The van der Waals surface area contributed by atoms with Crippen molar-refractivity contribution in [2.75, 3.05) is 0 Å². The molecule has 3 heterocycles. The molecule has 1 aromatic carbocycles. The topological polar surface area (TPSA) is 88.7 Å². The quantitative estimate of drug-likeness (QED) is 0.540. The van der Waals surface area contributed by atoms with Gasteiger partial charge in [0.1, 0.15) is 5.69 Å². The SMILES string of the molecule is Cc1cc(C)n(Cc2cccc(CNC(=O)c3cc(-c4ccco4)[nH]n3)c2)n1. The molecule has 0 bridgehead atoms. The molecule has 0 spiro atoms. The summed E-state index contributed by atoms with van der Waals surface area (Å²) in [4.78, 5) is 12.4. The molecule has 0 saturated heterocycles. The van der Waals surface area contributed by atoms with Gasteiger partial charge in [-0.15, -0.1) is 0 Å². The molecule has 7 nitrogen and oxygen atoms in total. The molecule has 0 unspecified atom stereocenters. The highest BCUT2D eigenvalue weighted by Gasteiger charge is 2.12. The average Bonchev–Trinajstić information content (AvgIpc) is 3.41. The fourth-order valence-corrected chi connectivity index (χ4v) is 3.11. The summed E-state index contributed by atoms with van der Waals surface area (Å²) < 4.78 is 7.28. The Morgan fingerprint density at radius 1 is 1.14 bits per heavy atom. The van der Waals surface area contributed by atoms with E-state index < -0.39 is 0 Å². The van der Waals surface area contributed by atoms with Crippen LogP contribution in [0.1, 0.15) is 33.0 Å². The fraction of sp³-hybridized carbons (Fsp3) is 0.190. The Hall–Kier alpha value is -3.61. The highest BCUT2D eigenvalue weighted by molar-refractivity contribution is 5.93. The molecule has 2 N–H and O–H groups in total. The second-order valence-electron chi connectivity index (χ2n) is 6.73. The van der Waals surface area contributed by atoms with Gasteiger partial charge in [-0.05, 0) is 43.2 Å². The summed E-state index contributed by atoms with van der Waals surface area (Å²) in [5.41, 5.74) is 5.29. The normalized spacial score (nSPS) is 10.9. The molecule has 28 heavy (non-hydrogen) atoms. The van der Waals surface area contributed by atoms with E-state index in [0.29, 0.717) is 30.2 Å². The van der Waals surface area contributed by atoms with Crippen molar-refractivity contribution in [2.45, 2.75) is 26.9 Å². The van der Waals surface area contributed by atoms with Gasteiger partial charge in [0.25, 0.3) is 5.91 Å². The van der Waals surface area contributed by atoms with Crippen molar-refractivity contribution in [3.05, 3.63) is 83.0 Å². The Morgan fingerprint density at radius 3 is 2.75 bits per heavy atom. The van der Waals surface area contributed by atoms with Gasteiger partial charge < -0.3 is 9.73 Å². The van der Waals surface area contributed by atoms with Crippen molar-refractivity contribution in [2.24, 2.45) is 0 Å². The number of hydrogen-bond acceptors (Lipinski definition) is 4. The number of nitrogens with one attached hydrogen (secondary N) is 2. The predicted octanol–water partition coefficient (Wildman–Crippen LogP) is 3.46. The van der Waals surface area contributed by atoms with Gasteiger partial charge in [0.2, 0.25) is 0 Å². The largest absolute Gasteiger partial charge is 0.463 e. The number of furan rings is 1. The van der Waals surface area contributed by atoms with E-state index in [2.05, 4.69) is 38.8 Å². The monoisotopic (exact) mass is 375 g/mol. The molecule has 0 atom stereocenters. The molecular weight excluding hydrogens is 354 g/mol. The third kappa shape index (κ3) is 3.88. The predicted molar refractivity (Wildman–Crippen MR) is 105 cm³/mol. The van der Waals surface area contributed by atoms with Crippen LogP contribution in [0.15, 0.2) is 59.2 Å². The number of aromatic nitrogens is 4. The second-order valence-corrected chi connectivity index (χ2v) is 6.73. The van der Waals surface area contributed by atoms with E-state index in [1.807, 2.05) is 36.7 Å². The molecule has 0 aliphatic heterocycles. The number of nitrogens with zero attached hydrogens (tertiary/aromatic N) is 3. The van der Waals surface area contributed by atoms with Gasteiger partial charge in [-0.2, -0.15) is 10.2 Å². The van der Waals surface area contributed by atoms with Crippen LogP contribution in [-0.4, -0.2) is 25.9 Å². The maximum Gasteiger partial charge on any atom is 0.272 e. The molecule has 0 aliphatic rings. The Bertz CT molecular complexity index is 1090. The highest BCUT2D eigenvalue weighted by Crippen LogP contribution is 2.17. The zero-order valence-electron chi connectivity index (χ0n) is 15.8. The molecule has 3 aromatic heterocycles. The maximum absolute atomic E-state index is 12.4. The first kappa shape index (κ1) is 17.8. The molecule has 0 fully saturated rings. The van der Waals surface area contributed by atoms with E-state index in [4.69, 9.17) is 4.42 Å². The first-order valence-corrected chi connectivity index (χ1v) is 9.05. The minimum absolute atomic E-state index is 0.238. The van der Waals surface area contributed by atoms with Gasteiger partial charge in [-0.1, -0.05) is 24.3 Å². The van der Waals surface area contributed by atoms with E-state index in [1.165, 1.54) is 0 Å². The Labute approximate surface area is 162 Å². The molecular formula is C21H21N5O2. The molecule has 4 aromatic rings. The van der Waals surface area contributed by atoms with Crippen LogP contribution in [0.4, 0.5) is 0 Å². The number of aromatic amines is 1. The van der Waals surface area contributed by atoms with Crippen LogP contribution >= 0.6 is 0 Å². The first-order valence-electron chi connectivity index (χ1n) is 9.05. The second kappa shape index (κ2) is 7.56. The molecule has 4 rings (SSSR count). The lowest BCUT2D eigenvalue weighted by Crippen LogP contribution is -2.23. The average molecular weight is 375 g/mol. The number of aryl methyl sites for hydroxylation is 2. The number of benzene rings is 1. The summed E-state index contributed by atoms with van der Waals surface area (Å²) >= 11 is 0. The van der Waals surface area contributed by atoms with Crippen molar-refractivity contribution < 1.29 is 9.21 Å². The zero-order chi connectivity index (χ0) is 19.5. The van der Waals surface area contributed by atoms with E-state index in [1.54, 1.807) is 18.4 Å². The van der Waals surface area contributed by atoms with Gasteiger partial charge >= 0.3 is 0 Å². The number of H-pyrrole nitrogens is 1. The van der Waals surface area contributed by atoms with Gasteiger partial charge in [0.05, 0.1) is 18.5 Å². The third-order valence-electron chi connectivity index (χ3n) is 4.48. The lowest BCUT2D eigenvalue weighted by atomic mass is 10.1. The van der Waals surface area contributed by atoms with Crippen LogP contribution in [0.5, 0.6) is 0 Å². The Kier molecular flexibility index (Phi) is 4.80. The zero-order valence-corrected chi connectivity index (χ0v) is 15.8. The van der Waals surface area contributed by atoms with Crippen LogP contribution in [-0.2, 0) is 13.1 Å². The lowest BCUT2D eigenvalue weighted by Gasteiger charge is -2.08. The van der Waals surface area contributed by atoms with Crippen molar-refractivity contribution >= 4 is 5.91 Å². The van der Waals surface area contributed by atoms with E-state index in [0.717, 1.165) is 22.5 Å². The Balaban J connectivity index is 1.39. The van der Waals surface area contributed by atoms with Crippen LogP contribution in [0.25, 0.3) is 11.5 Å². The smallest absolute Gasteiger partial charge is 0.272 e. The fourth-order valence-electron chi connectivity index (χ4n) is 3.11. The standard InChI is InChI=1S/C21H21N5O2/c1-14-9-15(2)26(25-14)13-17-6-3-5-16(10-17)12-22-21(27)19-11-18(23-24-19)20-7-4-8-28-20/h3-11H,12-13H2,1-2H3,(H,22,27)(H,23,24). The number of carbonyl (C=O) groups excluding carboxylic acids is 1. The summed E-state index contributed by atoms with van der Waals surface area (Å²) in [5.74, 6) is 0.404. The van der Waals surface area contributed by atoms with Gasteiger partial charge in [0, 0.05) is 18.3 Å². The van der Waals surface area contributed by atoms with Crippen LogP contribution in [0.2, 0.25) is 0 Å². The number of rotatable bonds is 6. The van der Waals surface area contributed by atoms with E-state index >= 15 is 0 Å². The Morgan fingerprint density at radius 2 is 2.00 bits per heavy atom. The summed E-state index contributed by atoms with van der Waals surface area (Å²) in [6, 6.07) is 15.5. The van der Waals surface area contributed by atoms with Crippen LogP contribution in [0.3, 0.4) is 0 Å². The van der Waals surface area contributed by atoms with Crippen LogP contribution < -0.4 is 5.32 Å². The van der Waals surface area contributed by atoms with Crippen molar-refractivity contribution in [1.29, 1.82) is 0 Å². The van der Waals surface area contributed by atoms with E-state index in [-0.39, 0.29) is 5.91 Å². The molecule has 0 aliphatic carbocycles. The molecule has 0 saturated carbocycles. The lowest BCUT2D eigenvalue weighted by molar-refractivity contribution is 0.0946. The molecule has 0 radical (unpaired) electrons. The summed E-state index contributed by atoms with van der Waals surface area (Å²) in [7, 11) is 0. The first-order chi connectivity index (χ1) is 13.6. The highest BCUT2D eigenvalue weighted by atomic mass is 16.3. The van der Waals surface area contributed by atoms with Crippen molar-refractivity contribution in [3.8, 4) is 11.5 Å². The van der Waals surface area contributed by atoms with E-state index in [9.17, 15) is 4.79 Å². The summed E-state index contributed by atoms with van der Waals surface area (Å²) in [5, 5.41) is 14.3. The summed E-state index contributed by atoms with van der Waals surface area (Å²) in [6.07, 6.45) is 1.58. The third-order valence-corrected chi connectivity index (χ3v) is 4.48. The van der Waals surface area contributed by atoms with Gasteiger partial charge in [-0.3, -0.25) is 14.6 Å². The number of hydrogen-bond donors (Lipinski definition) is 2. The molecule has 7 heteroatoms. The minimum atomic E-state index is -0.238. The summed E-state index contributed by atoms with van der Waals surface area (Å²) in [6.45, 7) is 5.16.